The number of carbonyl (C=O) groups is 2. The van der Waals surface area contributed by atoms with Crippen molar-refractivity contribution in [2.75, 3.05) is 18.0 Å². The van der Waals surface area contributed by atoms with Gasteiger partial charge in [0, 0.05) is 64.3 Å². The molecule has 2 heterocycles. The molecule has 1 atom stereocenters. The average molecular weight is 992 g/mol. The van der Waals surface area contributed by atoms with E-state index in [2.05, 4.69) is 158 Å². The van der Waals surface area contributed by atoms with Crippen LogP contribution in [0.4, 0.5) is 5.69 Å². The van der Waals surface area contributed by atoms with Crippen LogP contribution in [0.25, 0.3) is 83.4 Å². The first-order valence-corrected chi connectivity index (χ1v) is 27.1. The van der Waals surface area contributed by atoms with E-state index >= 15 is 0 Å². The SMILES string of the molecule is C=CC(=O)Oc1ccccc1NCCCc1cc2ccccc2c2c1sc1ccc3ccccc3c12.C=CC(=O)Oc1ccccc1PCCCc1cc2ccccc2c2c1sc1ccc3ccccc3c12. The molecular weight excluding hydrogens is 942 g/mol. The topological polar surface area (TPSA) is 64.6 Å². The molecule has 0 aliphatic carbocycles. The standard InChI is InChI=1S/C32H25NO2S.C32H25O2PS/c1-2-29(34)35-27-16-8-7-15-26(27)33-19-9-12-23-20-22-11-4-6-14-25(22)31-30-24-13-5-3-10-21(24)17-18-28(30)36-32(23)31;1-2-29(33)34-26-15-7-8-16-27(26)35-19-9-12-23-20-22-11-4-6-14-25(22)31-30-24-13-5-3-10-21(24)17-18-28(30)36-32(23)31/h2-8,10-11,13-18,20,33H,1,9,12,19H2;2-8,10-11,13-18,20,35H,1,9,12,19H2. The van der Waals surface area contributed by atoms with Gasteiger partial charge < -0.3 is 14.8 Å². The van der Waals surface area contributed by atoms with Crippen LogP contribution >= 0.6 is 31.3 Å². The van der Waals surface area contributed by atoms with Gasteiger partial charge in [0.05, 0.1) is 5.69 Å². The van der Waals surface area contributed by atoms with Gasteiger partial charge in [-0.1, -0.05) is 161 Å². The largest absolute Gasteiger partial charge is 0.423 e. The summed E-state index contributed by atoms with van der Waals surface area (Å²) >= 11 is 3.82. The first-order chi connectivity index (χ1) is 35.4. The number of carbonyl (C=O) groups excluding carboxylic acids is 2. The lowest BCUT2D eigenvalue weighted by Gasteiger charge is -2.12. The van der Waals surface area contributed by atoms with E-state index in [0.717, 1.165) is 49.4 Å². The van der Waals surface area contributed by atoms with E-state index < -0.39 is 11.9 Å². The summed E-state index contributed by atoms with van der Waals surface area (Å²) in [7, 11) is 0.584. The van der Waals surface area contributed by atoms with E-state index in [1.54, 1.807) is 6.07 Å². The minimum Gasteiger partial charge on any atom is -0.423 e. The highest BCUT2D eigenvalue weighted by atomic mass is 32.1. The first kappa shape index (κ1) is 46.7. The molecule has 5 nitrogen and oxygen atoms in total. The summed E-state index contributed by atoms with van der Waals surface area (Å²) in [6, 6.07) is 64.0. The highest BCUT2D eigenvalue weighted by Crippen LogP contribution is 2.46. The molecule has 12 aromatic rings. The molecule has 12 rings (SSSR count). The van der Waals surface area contributed by atoms with Crippen molar-refractivity contribution < 1.29 is 19.1 Å². The number of esters is 2. The molecule has 0 fully saturated rings. The Labute approximate surface area is 427 Å². The van der Waals surface area contributed by atoms with Gasteiger partial charge in [-0.3, -0.25) is 0 Å². The number of benzene rings is 10. The molecule has 8 heteroatoms. The van der Waals surface area contributed by atoms with Crippen molar-refractivity contribution in [1.29, 1.82) is 0 Å². The third-order valence-electron chi connectivity index (χ3n) is 13.3. The zero-order chi connectivity index (χ0) is 49.0. The van der Waals surface area contributed by atoms with E-state index in [0.29, 0.717) is 20.1 Å². The lowest BCUT2D eigenvalue weighted by atomic mass is 9.96. The zero-order valence-electron chi connectivity index (χ0n) is 39.6. The summed E-state index contributed by atoms with van der Waals surface area (Å²) in [5.74, 6) is 0.292. The molecule has 1 N–H and O–H groups in total. The highest BCUT2D eigenvalue weighted by molar-refractivity contribution is 7.47. The number of nitrogens with one attached hydrogen (secondary N) is 1. The van der Waals surface area contributed by atoms with Crippen LogP contribution in [0.5, 0.6) is 11.5 Å². The second-order valence-corrected chi connectivity index (χ2v) is 21.2. The van der Waals surface area contributed by atoms with Crippen LogP contribution in [-0.4, -0.2) is 24.6 Å². The van der Waals surface area contributed by atoms with E-state index in [1.807, 2.05) is 59.1 Å². The number of hydrogen-bond donors (Lipinski definition) is 1. The van der Waals surface area contributed by atoms with Gasteiger partial charge in [0.2, 0.25) is 0 Å². The number of anilines is 1. The molecule has 0 aliphatic heterocycles. The second kappa shape index (κ2) is 21.0. The maximum Gasteiger partial charge on any atom is 0.335 e. The average Bonchev–Trinajstić information content (AvgIpc) is 4.03. The third-order valence-corrected chi connectivity index (χ3v) is 17.1. The number of fused-ring (bicyclic) bond motifs is 14. The van der Waals surface area contributed by atoms with Crippen LogP contribution in [0.3, 0.4) is 0 Å². The van der Waals surface area contributed by atoms with Crippen molar-refractivity contribution in [3.05, 3.63) is 218 Å². The minimum absolute atomic E-state index is 0.414. The molecule has 2 aromatic heterocycles. The quantitative estimate of drug-likeness (QED) is 0.0387. The molecule has 0 radical (unpaired) electrons. The normalized spacial score (nSPS) is 11.6. The van der Waals surface area contributed by atoms with Crippen LogP contribution in [-0.2, 0) is 22.4 Å². The molecule has 10 aromatic carbocycles. The summed E-state index contributed by atoms with van der Waals surface area (Å²) in [4.78, 5) is 23.4. The number of ether oxygens (including phenoxy) is 2. The Kier molecular flexibility index (Phi) is 13.6. The smallest absolute Gasteiger partial charge is 0.335 e. The maximum absolute atomic E-state index is 11.7. The van der Waals surface area contributed by atoms with E-state index in [-0.39, 0.29) is 0 Å². The summed E-state index contributed by atoms with van der Waals surface area (Å²) in [6.45, 7) is 7.75. The molecule has 0 bridgehead atoms. The Morgan fingerprint density at radius 3 is 1.49 bits per heavy atom. The Morgan fingerprint density at radius 2 is 0.931 bits per heavy atom. The molecule has 0 amide bonds. The predicted molar refractivity (Wildman–Crippen MR) is 311 cm³/mol. The lowest BCUT2D eigenvalue weighted by Crippen LogP contribution is -2.10. The number of rotatable bonds is 14. The molecule has 72 heavy (non-hydrogen) atoms. The Morgan fingerprint density at radius 1 is 0.486 bits per heavy atom. The van der Waals surface area contributed by atoms with Gasteiger partial charge in [0.1, 0.15) is 5.75 Å². The Balaban J connectivity index is 0.000000156. The first-order valence-electron chi connectivity index (χ1n) is 24.3. The van der Waals surface area contributed by atoms with Crippen molar-refractivity contribution in [1.82, 2.24) is 0 Å². The van der Waals surface area contributed by atoms with Crippen LogP contribution in [0, 0.1) is 0 Å². The molecular formula is C64H50NO4PS2. The van der Waals surface area contributed by atoms with Crippen LogP contribution in [0.15, 0.2) is 207 Å². The van der Waals surface area contributed by atoms with Gasteiger partial charge >= 0.3 is 11.9 Å². The fourth-order valence-electron chi connectivity index (χ4n) is 9.99. The summed E-state index contributed by atoms with van der Waals surface area (Å²) < 4.78 is 16.3. The summed E-state index contributed by atoms with van der Waals surface area (Å²) in [6.07, 6.45) is 7.43. The van der Waals surface area contributed by atoms with Crippen molar-refractivity contribution in [2.45, 2.75) is 25.7 Å². The van der Waals surface area contributed by atoms with Gasteiger partial charge in [-0.2, -0.15) is 0 Å². The molecule has 0 saturated heterocycles. The second-order valence-electron chi connectivity index (χ2n) is 17.7. The molecule has 0 spiro atoms. The summed E-state index contributed by atoms with van der Waals surface area (Å²) in [5.41, 5.74) is 3.61. The van der Waals surface area contributed by atoms with Crippen molar-refractivity contribution in [2.24, 2.45) is 0 Å². The molecule has 352 valence electrons. The predicted octanol–water partition coefficient (Wildman–Crippen LogP) is 16.9. The Hall–Kier alpha value is -7.67. The number of hydrogen-bond acceptors (Lipinski definition) is 7. The zero-order valence-corrected chi connectivity index (χ0v) is 42.2. The van der Waals surface area contributed by atoms with Gasteiger partial charge in [0.25, 0.3) is 0 Å². The third kappa shape index (κ3) is 9.35. The van der Waals surface area contributed by atoms with E-state index in [4.69, 9.17) is 9.47 Å². The highest BCUT2D eigenvalue weighted by Gasteiger charge is 2.18. The van der Waals surface area contributed by atoms with Crippen molar-refractivity contribution in [3.63, 3.8) is 0 Å². The molecule has 0 aliphatic rings. The van der Waals surface area contributed by atoms with Crippen molar-refractivity contribution >= 4 is 138 Å². The van der Waals surface area contributed by atoms with Crippen LogP contribution in [0.1, 0.15) is 24.0 Å². The maximum atomic E-state index is 11.7. The van der Waals surface area contributed by atoms with Gasteiger partial charge in [-0.05, 0) is 129 Å². The molecule has 1 unspecified atom stereocenters. The van der Waals surface area contributed by atoms with E-state index in [1.165, 1.54) is 107 Å². The van der Waals surface area contributed by atoms with Crippen LogP contribution in [0.2, 0.25) is 0 Å². The lowest BCUT2D eigenvalue weighted by molar-refractivity contribution is -0.129. The van der Waals surface area contributed by atoms with E-state index in [9.17, 15) is 9.59 Å². The van der Waals surface area contributed by atoms with Gasteiger partial charge in [-0.15, -0.1) is 22.7 Å². The number of thiophene rings is 2. The minimum atomic E-state index is -0.458. The van der Waals surface area contributed by atoms with Crippen LogP contribution < -0.4 is 20.1 Å². The fraction of sp³-hybridized carbons (Fsp3) is 0.0938. The van der Waals surface area contributed by atoms with Crippen molar-refractivity contribution in [3.8, 4) is 11.5 Å². The molecule has 0 saturated carbocycles. The Bertz CT molecular complexity index is 3800. The number of aryl methyl sites for hydroxylation is 2. The van der Waals surface area contributed by atoms with Gasteiger partial charge in [-0.25, -0.2) is 9.59 Å². The fourth-order valence-corrected chi connectivity index (χ4v) is 13.7. The summed E-state index contributed by atoms with van der Waals surface area (Å²) in [5, 5.41) is 20.5. The monoisotopic (exact) mass is 991 g/mol. The number of para-hydroxylation sites is 3. The van der Waals surface area contributed by atoms with Gasteiger partial charge in [0.15, 0.2) is 5.75 Å².